The van der Waals surface area contributed by atoms with Crippen LogP contribution in [-0.4, -0.2) is 64.0 Å². The third-order valence-corrected chi connectivity index (χ3v) is 6.41. The van der Waals surface area contributed by atoms with Crippen LogP contribution in [0.2, 0.25) is 0 Å². The molecule has 0 saturated heterocycles. The molecule has 2 aromatic rings. The summed E-state index contributed by atoms with van der Waals surface area (Å²) >= 11 is 3.41. The highest BCUT2D eigenvalue weighted by atomic mass is 79.9. The second-order valence-corrected chi connectivity index (χ2v) is 9.33. The zero-order valence-corrected chi connectivity index (χ0v) is 19.9. The van der Waals surface area contributed by atoms with Gasteiger partial charge in [0.05, 0.1) is 19.5 Å². The first-order valence-corrected chi connectivity index (χ1v) is 11.3. The maximum atomic E-state index is 13.6. The molecule has 1 saturated carbocycles. The largest absolute Gasteiger partial charge is 0.383 e. The van der Waals surface area contributed by atoms with E-state index in [4.69, 9.17) is 4.74 Å². The number of halogens is 1. The number of fused-ring (bicyclic) bond motifs is 1. The van der Waals surface area contributed by atoms with E-state index < -0.39 is 11.4 Å². The van der Waals surface area contributed by atoms with Crippen molar-refractivity contribution in [2.24, 2.45) is 0 Å². The first-order chi connectivity index (χ1) is 15.3. The van der Waals surface area contributed by atoms with Crippen molar-refractivity contribution in [1.82, 2.24) is 19.8 Å². The lowest BCUT2D eigenvalue weighted by atomic mass is 9.94. The van der Waals surface area contributed by atoms with Crippen LogP contribution in [0.4, 0.5) is 5.69 Å². The van der Waals surface area contributed by atoms with Crippen molar-refractivity contribution in [3.63, 3.8) is 0 Å². The summed E-state index contributed by atoms with van der Waals surface area (Å²) in [6.45, 7) is 4.61. The molecule has 1 aromatic heterocycles. The van der Waals surface area contributed by atoms with Gasteiger partial charge in [0.15, 0.2) is 5.69 Å². The normalized spacial score (nSPS) is 20.1. The number of amides is 3. The van der Waals surface area contributed by atoms with Crippen LogP contribution < -0.4 is 10.6 Å². The van der Waals surface area contributed by atoms with Gasteiger partial charge in [-0.25, -0.2) is 4.98 Å². The number of nitrogens with zero attached hydrogens (tertiary/aromatic N) is 3. The molecular weight excluding hydrogens is 478 g/mol. The zero-order valence-electron chi connectivity index (χ0n) is 18.3. The molecule has 0 unspecified atom stereocenters. The van der Waals surface area contributed by atoms with Crippen LogP contribution in [0.5, 0.6) is 0 Å². The minimum absolute atomic E-state index is 0.0195. The van der Waals surface area contributed by atoms with Crippen molar-refractivity contribution >= 4 is 39.3 Å². The molecule has 1 atom stereocenters. The van der Waals surface area contributed by atoms with E-state index in [0.29, 0.717) is 18.8 Å². The molecule has 1 fully saturated rings. The number of hydrogen-bond donors (Lipinski definition) is 2. The Morgan fingerprint density at radius 2 is 2.09 bits per heavy atom. The van der Waals surface area contributed by atoms with Crippen molar-refractivity contribution in [3.05, 3.63) is 46.0 Å². The Hall–Kier alpha value is -2.72. The highest BCUT2D eigenvalue weighted by molar-refractivity contribution is 9.10. The number of carbonyl (C=O) groups is 3. The minimum Gasteiger partial charge on any atom is -0.383 e. The summed E-state index contributed by atoms with van der Waals surface area (Å²) < 4.78 is 7.53. The monoisotopic (exact) mass is 503 g/mol. The molecule has 32 heavy (non-hydrogen) atoms. The van der Waals surface area contributed by atoms with Crippen LogP contribution in [0.3, 0.4) is 0 Å². The lowest BCUT2D eigenvalue weighted by molar-refractivity contribution is -0.133. The molecule has 0 spiro atoms. The van der Waals surface area contributed by atoms with E-state index in [-0.39, 0.29) is 35.8 Å². The highest BCUT2D eigenvalue weighted by Gasteiger charge is 2.53. The molecule has 0 bridgehead atoms. The number of nitrogens with one attached hydrogen (secondary N) is 2. The number of ether oxygens (including phenoxy) is 1. The molecular formula is C22H26BrN5O4. The number of aromatic nitrogens is 2. The molecule has 1 aliphatic heterocycles. The first-order valence-electron chi connectivity index (χ1n) is 10.5. The lowest BCUT2D eigenvalue weighted by Crippen LogP contribution is -2.65. The summed E-state index contributed by atoms with van der Waals surface area (Å²) in [5, 5.41) is 5.70. The Labute approximate surface area is 194 Å². The number of hydrogen-bond acceptors (Lipinski definition) is 5. The van der Waals surface area contributed by atoms with E-state index in [1.165, 1.54) is 6.33 Å². The maximum absolute atomic E-state index is 13.6. The number of methoxy groups -OCH3 is 1. The predicted molar refractivity (Wildman–Crippen MR) is 122 cm³/mol. The fourth-order valence-corrected chi connectivity index (χ4v) is 4.60. The van der Waals surface area contributed by atoms with Crippen molar-refractivity contribution in [1.29, 1.82) is 0 Å². The Morgan fingerprint density at radius 3 is 2.75 bits per heavy atom. The number of anilines is 1. The molecule has 2 aliphatic rings. The Morgan fingerprint density at radius 1 is 1.34 bits per heavy atom. The van der Waals surface area contributed by atoms with Gasteiger partial charge in [0, 0.05) is 29.9 Å². The fourth-order valence-electron chi connectivity index (χ4n) is 4.13. The fraction of sp³-hybridized carbons (Fsp3) is 0.455. The summed E-state index contributed by atoms with van der Waals surface area (Å²) in [7, 11) is 1.56. The molecule has 2 N–H and O–H groups in total. The Balaban J connectivity index is 1.63. The highest BCUT2D eigenvalue weighted by Crippen LogP contribution is 2.39. The van der Waals surface area contributed by atoms with Crippen molar-refractivity contribution in [2.45, 2.75) is 44.8 Å². The first kappa shape index (κ1) is 22.5. The van der Waals surface area contributed by atoms with Gasteiger partial charge in [-0.15, -0.1) is 0 Å². The van der Waals surface area contributed by atoms with Gasteiger partial charge in [-0.1, -0.05) is 15.9 Å². The predicted octanol–water partition coefficient (Wildman–Crippen LogP) is 2.35. The van der Waals surface area contributed by atoms with E-state index in [1.807, 2.05) is 19.1 Å². The molecule has 1 aromatic carbocycles. The van der Waals surface area contributed by atoms with Crippen LogP contribution in [-0.2, 0) is 16.1 Å². The van der Waals surface area contributed by atoms with Crippen LogP contribution >= 0.6 is 15.9 Å². The molecule has 170 valence electrons. The van der Waals surface area contributed by atoms with Crippen LogP contribution in [0.1, 0.15) is 46.3 Å². The Kier molecular flexibility index (Phi) is 6.09. The maximum Gasteiger partial charge on any atom is 0.276 e. The van der Waals surface area contributed by atoms with Gasteiger partial charge in [-0.2, -0.15) is 0 Å². The standard InChI is InChI=1S/C22H26BrN5O4/c1-13-10-14(23)4-7-16(13)26-19(29)17-18-20(30)28(15-5-6-15)22(2,11-27(18)12-25-17)21(31)24-8-9-32-3/h4,7,10,12,15H,5-6,8-9,11H2,1-3H3,(H,24,31)(H,26,29)/t22-/m1/s1. The van der Waals surface area contributed by atoms with E-state index in [1.54, 1.807) is 29.6 Å². The van der Waals surface area contributed by atoms with Gasteiger partial charge < -0.3 is 24.8 Å². The van der Waals surface area contributed by atoms with Gasteiger partial charge in [-0.3, -0.25) is 14.4 Å². The second-order valence-electron chi connectivity index (χ2n) is 8.41. The molecule has 0 radical (unpaired) electrons. The van der Waals surface area contributed by atoms with E-state index in [0.717, 1.165) is 22.9 Å². The quantitative estimate of drug-likeness (QED) is 0.564. The zero-order chi connectivity index (χ0) is 23.0. The van der Waals surface area contributed by atoms with Gasteiger partial charge in [0.25, 0.3) is 11.8 Å². The van der Waals surface area contributed by atoms with Crippen LogP contribution in [0.25, 0.3) is 0 Å². The van der Waals surface area contributed by atoms with Gasteiger partial charge in [0.2, 0.25) is 5.91 Å². The second kappa shape index (κ2) is 8.67. The smallest absolute Gasteiger partial charge is 0.276 e. The van der Waals surface area contributed by atoms with Crippen molar-refractivity contribution in [2.75, 3.05) is 25.6 Å². The van der Waals surface area contributed by atoms with Crippen molar-refractivity contribution < 1.29 is 19.1 Å². The van der Waals surface area contributed by atoms with Gasteiger partial charge in [-0.05, 0) is 50.5 Å². The summed E-state index contributed by atoms with van der Waals surface area (Å²) in [5.41, 5.74) is 0.725. The molecule has 3 amide bonds. The topological polar surface area (TPSA) is 106 Å². The van der Waals surface area contributed by atoms with E-state index in [2.05, 4.69) is 31.5 Å². The average Bonchev–Trinajstić information content (AvgIpc) is 3.48. The summed E-state index contributed by atoms with van der Waals surface area (Å²) in [4.78, 5) is 45.5. The number of benzene rings is 1. The average molecular weight is 504 g/mol. The van der Waals surface area contributed by atoms with E-state index in [9.17, 15) is 14.4 Å². The van der Waals surface area contributed by atoms with Gasteiger partial charge >= 0.3 is 0 Å². The molecule has 9 nitrogen and oxygen atoms in total. The van der Waals surface area contributed by atoms with Crippen LogP contribution in [0, 0.1) is 6.92 Å². The number of carbonyl (C=O) groups excluding carboxylic acids is 3. The summed E-state index contributed by atoms with van der Waals surface area (Å²) in [6.07, 6.45) is 3.13. The van der Waals surface area contributed by atoms with E-state index >= 15 is 0 Å². The Bertz CT molecular complexity index is 1080. The molecule has 2 heterocycles. The number of aryl methyl sites for hydroxylation is 1. The third-order valence-electron chi connectivity index (χ3n) is 5.91. The lowest BCUT2D eigenvalue weighted by Gasteiger charge is -2.44. The number of imidazole rings is 1. The third kappa shape index (κ3) is 4.04. The van der Waals surface area contributed by atoms with Crippen molar-refractivity contribution in [3.8, 4) is 0 Å². The number of rotatable bonds is 7. The molecule has 4 rings (SSSR count). The molecule has 1 aliphatic carbocycles. The summed E-state index contributed by atoms with van der Waals surface area (Å²) in [6, 6.07) is 5.50. The van der Waals surface area contributed by atoms with Crippen LogP contribution in [0.15, 0.2) is 29.0 Å². The summed E-state index contributed by atoms with van der Waals surface area (Å²) in [5.74, 6) is -1.05. The van der Waals surface area contributed by atoms with Gasteiger partial charge in [0.1, 0.15) is 11.2 Å². The molecule has 10 heteroatoms. The SMILES string of the molecule is COCCNC(=O)[C@@]1(C)Cn2cnc(C(=O)Nc3ccc(Br)cc3C)c2C(=O)N1C1CC1. The minimum atomic E-state index is -1.07.